The molecule has 2 saturated heterocycles. The van der Waals surface area contributed by atoms with Crippen molar-refractivity contribution in [2.45, 2.75) is 45.3 Å². The van der Waals surface area contributed by atoms with Gasteiger partial charge in [-0.05, 0) is 39.7 Å². The van der Waals surface area contributed by atoms with Gasteiger partial charge < -0.3 is 19.9 Å². The molecule has 0 aromatic carbocycles. The number of nitrogens with one attached hydrogen (secondary N) is 1. The Bertz CT molecular complexity index is 579. The zero-order chi connectivity index (χ0) is 17.2. The lowest BCUT2D eigenvalue weighted by Gasteiger charge is -2.36. The molecule has 1 unspecified atom stereocenters. The summed E-state index contributed by atoms with van der Waals surface area (Å²) in [4.78, 5) is 21.1. The van der Waals surface area contributed by atoms with E-state index < -0.39 is 5.60 Å². The van der Waals surface area contributed by atoms with Gasteiger partial charge in [0.05, 0.1) is 6.04 Å². The molecular formula is C18H28N4O2. The van der Waals surface area contributed by atoms with Crippen LogP contribution in [0.2, 0.25) is 0 Å². The van der Waals surface area contributed by atoms with Crippen LogP contribution in [0.4, 0.5) is 10.6 Å². The van der Waals surface area contributed by atoms with E-state index in [0.717, 1.165) is 25.5 Å². The van der Waals surface area contributed by atoms with E-state index >= 15 is 0 Å². The van der Waals surface area contributed by atoms with Gasteiger partial charge in [-0.2, -0.15) is 0 Å². The molecule has 2 aliphatic rings. The van der Waals surface area contributed by atoms with Crippen LogP contribution < -0.4 is 10.2 Å². The van der Waals surface area contributed by atoms with Crippen LogP contribution in [0.25, 0.3) is 0 Å². The Morgan fingerprint density at radius 2 is 2.04 bits per heavy atom. The predicted octanol–water partition coefficient (Wildman–Crippen LogP) is 2.56. The summed E-state index contributed by atoms with van der Waals surface area (Å²) in [5.74, 6) is 1.05. The van der Waals surface area contributed by atoms with Crippen molar-refractivity contribution in [2.24, 2.45) is 0 Å². The van der Waals surface area contributed by atoms with Crippen molar-refractivity contribution in [1.29, 1.82) is 0 Å². The highest BCUT2D eigenvalue weighted by molar-refractivity contribution is 5.68. The summed E-state index contributed by atoms with van der Waals surface area (Å²) in [5.41, 5.74) is 0.708. The highest BCUT2D eigenvalue weighted by atomic mass is 16.6. The van der Waals surface area contributed by atoms with Crippen LogP contribution in [0.15, 0.2) is 18.3 Å². The van der Waals surface area contributed by atoms with Crippen LogP contribution >= 0.6 is 0 Å². The molecule has 0 radical (unpaired) electrons. The molecule has 1 aromatic heterocycles. The lowest BCUT2D eigenvalue weighted by Crippen LogP contribution is -2.50. The second kappa shape index (κ2) is 6.97. The van der Waals surface area contributed by atoms with Gasteiger partial charge >= 0.3 is 6.09 Å². The minimum Gasteiger partial charge on any atom is -0.444 e. The van der Waals surface area contributed by atoms with Gasteiger partial charge in [-0.15, -0.1) is 0 Å². The fourth-order valence-electron chi connectivity index (χ4n) is 3.33. The van der Waals surface area contributed by atoms with Gasteiger partial charge in [0.1, 0.15) is 11.4 Å². The second-order valence-electron chi connectivity index (χ2n) is 7.54. The summed E-state index contributed by atoms with van der Waals surface area (Å²) in [6.07, 6.45) is 4.06. The largest absolute Gasteiger partial charge is 0.444 e. The van der Waals surface area contributed by atoms with E-state index in [-0.39, 0.29) is 12.1 Å². The molecule has 0 bridgehead atoms. The first-order valence-electron chi connectivity index (χ1n) is 8.85. The number of amides is 1. The minimum absolute atomic E-state index is 0.0931. The highest BCUT2D eigenvalue weighted by Crippen LogP contribution is 2.28. The third-order valence-corrected chi connectivity index (χ3v) is 4.42. The molecule has 1 N–H and O–H groups in total. The summed E-state index contributed by atoms with van der Waals surface area (Å²) >= 11 is 0. The fourth-order valence-corrected chi connectivity index (χ4v) is 3.33. The Labute approximate surface area is 144 Å². The van der Waals surface area contributed by atoms with Gasteiger partial charge in [-0.3, -0.25) is 0 Å². The summed E-state index contributed by atoms with van der Waals surface area (Å²) < 4.78 is 5.52. The number of carbonyl (C=O) groups is 1. The van der Waals surface area contributed by atoms with Gasteiger partial charge in [0, 0.05) is 44.5 Å². The second-order valence-corrected chi connectivity index (χ2v) is 7.54. The van der Waals surface area contributed by atoms with Crippen LogP contribution in [0, 0.1) is 0 Å². The molecule has 3 heterocycles. The number of hydrogen-bond acceptors (Lipinski definition) is 5. The molecule has 6 nitrogen and oxygen atoms in total. The molecule has 0 spiro atoms. The maximum atomic E-state index is 12.4. The van der Waals surface area contributed by atoms with Crippen LogP contribution in [-0.4, -0.2) is 54.3 Å². The number of carbonyl (C=O) groups excluding carboxylic acids is 1. The molecule has 6 heteroatoms. The monoisotopic (exact) mass is 332 g/mol. The molecule has 24 heavy (non-hydrogen) atoms. The van der Waals surface area contributed by atoms with E-state index in [1.165, 1.54) is 18.4 Å². The minimum atomic E-state index is -0.466. The summed E-state index contributed by atoms with van der Waals surface area (Å²) in [7, 11) is 0. The number of rotatable bonds is 2. The number of ether oxygens (including phenoxy) is 1. The third kappa shape index (κ3) is 3.98. The Morgan fingerprint density at radius 3 is 2.75 bits per heavy atom. The quantitative estimate of drug-likeness (QED) is 0.902. The van der Waals surface area contributed by atoms with E-state index in [0.29, 0.717) is 13.1 Å². The lowest BCUT2D eigenvalue weighted by atomic mass is 10.0. The molecule has 3 rings (SSSR count). The third-order valence-electron chi connectivity index (χ3n) is 4.42. The van der Waals surface area contributed by atoms with Gasteiger partial charge in [0.25, 0.3) is 0 Å². The van der Waals surface area contributed by atoms with Crippen LogP contribution in [0.5, 0.6) is 0 Å². The Hall–Kier alpha value is -1.82. The van der Waals surface area contributed by atoms with E-state index in [1.54, 1.807) is 4.90 Å². The summed E-state index contributed by atoms with van der Waals surface area (Å²) in [6, 6.07) is 4.19. The van der Waals surface area contributed by atoms with Crippen LogP contribution in [0.3, 0.4) is 0 Å². The van der Waals surface area contributed by atoms with E-state index in [9.17, 15) is 4.79 Å². The van der Waals surface area contributed by atoms with Gasteiger partial charge in [-0.25, -0.2) is 9.78 Å². The van der Waals surface area contributed by atoms with Crippen molar-refractivity contribution < 1.29 is 9.53 Å². The topological polar surface area (TPSA) is 57.7 Å². The molecule has 2 fully saturated rings. The number of piperazine rings is 1. The van der Waals surface area contributed by atoms with Gasteiger partial charge in [0.15, 0.2) is 0 Å². The lowest BCUT2D eigenvalue weighted by molar-refractivity contribution is 0.0195. The van der Waals surface area contributed by atoms with Crippen molar-refractivity contribution in [2.75, 3.05) is 37.6 Å². The standard InChI is InChI=1S/C18H28N4O2/c1-18(2,3)24-17(23)22-12-9-19-15(13-22)14-7-6-8-20-16(14)21-10-4-5-11-21/h6-8,15,19H,4-5,9-13H2,1-3H3. The number of aromatic nitrogens is 1. The smallest absolute Gasteiger partial charge is 0.410 e. The van der Waals surface area contributed by atoms with Crippen LogP contribution in [0.1, 0.15) is 45.2 Å². The SMILES string of the molecule is CC(C)(C)OC(=O)N1CCNC(c2cccnc2N2CCCC2)C1. The van der Waals surface area contributed by atoms with Crippen molar-refractivity contribution in [3.8, 4) is 0 Å². The molecule has 0 saturated carbocycles. The maximum Gasteiger partial charge on any atom is 0.410 e. The fraction of sp³-hybridized carbons (Fsp3) is 0.667. The Kier molecular flexibility index (Phi) is 4.94. The first-order valence-corrected chi connectivity index (χ1v) is 8.85. The average molecular weight is 332 g/mol. The van der Waals surface area contributed by atoms with Crippen molar-refractivity contribution in [1.82, 2.24) is 15.2 Å². The molecule has 132 valence electrons. The molecule has 1 aromatic rings. The summed E-state index contributed by atoms with van der Waals surface area (Å²) in [6.45, 7) is 9.87. The zero-order valence-electron chi connectivity index (χ0n) is 14.9. The van der Waals surface area contributed by atoms with E-state index in [4.69, 9.17) is 4.74 Å². The first kappa shape index (κ1) is 17.0. The van der Waals surface area contributed by atoms with Gasteiger partial charge in [0.2, 0.25) is 0 Å². The predicted molar refractivity (Wildman–Crippen MR) is 94.2 cm³/mol. The molecular weight excluding hydrogens is 304 g/mol. The summed E-state index contributed by atoms with van der Waals surface area (Å²) in [5, 5.41) is 3.53. The van der Waals surface area contributed by atoms with E-state index in [2.05, 4.69) is 21.3 Å². The first-order chi connectivity index (χ1) is 11.4. The van der Waals surface area contributed by atoms with Crippen molar-refractivity contribution in [3.63, 3.8) is 0 Å². The Morgan fingerprint density at radius 1 is 1.29 bits per heavy atom. The highest BCUT2D eigenvalue weighted by Gasteiger charge is 2.30. The van der Waals surface area contributed by atoms with E-state index in [1.807, 2.05) is 33.0 Å². The van der Waals surface area contributed by atoms with Crippen molar-refractivity contribution in [3.05, 3.63) is 23.9 Å². The average Bonchev–Trinajstić information content (AvgIpc) is 3.08. The molecule has 1 amide bonds. The van der Waals surface area contributed by atoms with Gasteiger partial charge in [-0.1, -0.05) is 6.07 Å². The Balaban J connectivity index is 1.74. The number of nitrogens with zero attached hydrogens (tertiary/aromatic N) is 3. The molecule has 0 aliphatic carbocycles. The number of anilines is 1. The zero-order valence-corrected chi connectivity index (χ0v) is 14.9. The maximum absolute atomic E-state index is 12.4. The van der Waals surface area contributed by atoms with Crippen molar-refractivity contribution >= 4 is 11.9 Å². The molecule has 2 aliphatic heterocycles. The van der Waals surface area contributed by atoms with Crippen LogP contribution in [-0.2, 0) is 4.74 Å². The number of hydrogen-bond donors (Lipinski definition) is 1. The molecule has 1 atom stereocenters. The normalized spacial score (nSPS) is 21.9. The number of pyridine rings is 1.